The predicted octanol–water partition coefficient (Wildman–Crippen LogP) is 2.85. The van der Waals surface area contributed by atoms with Gasteiger partial charge in [0.15, 0.2) is 5.96 Å². The zero-order chi connectivity index (χ0) is 16.5. The summed E-state index contributed by atoms with van der Waals surface area (Å²) in [7, 11) is 0. The number of nitrogens with one attached hydrogen (secondary N) is 2. The molecule has 0 amide bonds. The molecule has 2 rings (SSSR count). The Hall–Kier alpha value is -0.0800. The molecule has 1 saturated heterocycles. The third-order valence-corrected chi connectivity index (χ3v) is 4.71. The highest BCUT2D eigenvalue weighted by atomic mass is 127. The van der Waals surface area contributed by atoms with Crippen LogP contribution in [-0.4, -0.2) is 62.3 Å². The second-order valence-corrected chi connectivity index (χ2v) is 7.18. The van der Waals surface area contributed by atoms with Crippen molar-refractivity contribution in [3.05, 3.63) is 0 Å². The molecule has 2 aliphatic rings. The minimum Gasteiger partial charge on any atom is -0.381 e. The van der Waals surface area contributed by atoms with E-state index < -0.39 is 0 Å². The van der Waals surface area contributed by atoms with Crippen molar-refractivity contribution in [3.8, 4) is 0 Å². The number of hydrogen-bond donors (Lipinski definition) is 2. The fourth-order valence-corrected chi connectivity index (χ4v) is 2.97. The van der Waals surface area contributed by atoms with Crippen molar-refractivity contribution in [1.82, 2.24) is 15.5 Å². The van der Waals surface area contributed by atoms with E-state index in [1.54, 1.807) is 0 Å². The van der Waals surface area contributed by atoms with Crippen LogP contribution < -0.4 is 10.6 Å². The van der Waals surface area contributed by atoms with Gasteiger partial charge in [0.05, 0.1) is 0 Å². The van der Waals surface area contributed by atoms with E-state index in [0.29, 0.717) is 12.1 Å². The average molecular weight is 452 g/mol. The van der Waals surface area contributed by atoms with Crippen LogP contribution >= 0.6 is 24.0 Å². The quantitative estimate of drug-likeness (QED) is 0.245. The molecule has 1 heterocycles. The zero-order valence-corrected chi connectivity index (χ0v) is 18.1. The summed E-state index contributed by atoms with van der Waals surface area (Å²) in [6.45, 7) is 12.6. The Bertz CT molecular complexity index is 353. The van der Waals surface area contributed by atoms with Crippen molar-refractivity contribution >= 4 is 29.9 Å². The SMILES string of the molecule is CCNC(=NCCCOCC1CC1)NC1CCN(C(C)C)CC1.I. The van der Waals surface area contributed by atoms with E-state index in [1.165, 1.54) is 38.8 Å². The Morgan fingerprint density at radius 2 is 1.92 bits per heavy atom. The summed E-state index contributed by atoms with van der Waals surface area (Å²) < 4.78 is 5.67. The summed E-state index contributed by atoms with van der Waals surface area (Å²) in [4.78, 5) is 7.25. The van der Waals surface area contributed by atoms with E-state index in [0.717, 1.165) is 44.6 Å². The molecule has 5 nitrogen and oxygen atoms in total. The van der Waals surface area contributed by atoms with E-state index in [9.17, 15) is 0 Å². The van der Waals surface area contributed by atoms with Crippen molar-refractivity contribution in [1.29, 1.82) is 0 Å². The Kier molecular flexibility index (Phi) is 11.3. The van der Waals surface area contributed by atoms with Gasteiger partial charge in [-0.3, -0.25) is 4.99 Å². The van der Waals surface area contributed by atoms with Gasteiger partial charge in [-0.1, -0.05) is 0 Å². The molecule has 1 aliphatic carbocycles. The van der Waals surface area contributed by atoms with Gasteiger partial charge in [-0.2, -0.15) is 0 Å². The number of ether oxygens (including phenoxy) is 1. The lowest BCUT2D eigenvalue weighted by Gasteiger charge is -2.35. The van der Waals surface area contributed by atoms with Crippen LogP contribution in [0.3, 0.4) is 0 Å². The van der Waals surface area contributed by atoms with E-state index in [1.807, 2.05) is 0 Å². The van der Waals surface area contributed by atoms with E-state index in [4.69, 9.17) is 9.73 Å². The Balaban J connectivity index is 0.00000288. The molecule has 24 heavy (non-hydrogen) atoms. The first-order chi connectivity index (χ1) is 11.2. The first kappa shape index (κ1) is 22.0. The monoisotopic (exact) mass is 452 g/mol. The van der Waals surface area contributed by atoms with Crippen molar-refractivity contribution in [2.75, 3.05) is 39.4 Å². The molecule has 6 heteroatoms. The van der Waals surface area contributed by atoms with Gasteiger partial charge in [-0.05, 0) is 58.8 Å². The van der Waals surface area contributed by atoms with Gasteiger partial charge in [-0.15, -0.1) is 24.0 Å². The highest BCUT2D eigenvalue weighted by Crippen LogP contribution is 2.28. The largest absolute Gasteiger partial charge is 0.381 e. The third-order valence-electron chi connectivity index (χ3n) is 4.71. The fourth-order valence-electron chi connectivity index (χ4n) is 2.97. The lowest BCUT2D eigenvalue weighted by molar-refractivity contribution is 0.123. The topological polar surface area (TPSA) is 48.9 Å². The maximum Gasteiger partial charge on any atom is 0.191 e. The van der Waals surface area contributed by atoms with Crippen molar-refractivity contribution < 1.29 is 4.74 Å². The molecule has 2 fully saturated rings. The number of nitrogens with zero attached hydrogens (tertiary/aromatic N) is 2. The lowest BCUT2D eigenvalue weighted by atomic mass is 10.0. The smallest absolute Gasteiger partial charge is 0.191 e. The number of hydrogen-bond acceptors (Lipinski definition) is 3. The van der Waals surface area contributed by atoms with Crippen molar-refractivity contribution in [2.24, 2.45) is 10.9 Å². The highest BCUT2D eigenvalue weighted by molar-refractivity contribution is 14.0. The van der Waals surface area contributed by atoms with Crippen LogP contribution in [0.15, 0.2) is 4.99 Å². The van der Waals surface area contributed by atoms with Crippen molar-refractivity contribution in [2.45, 2.75) is 65.0 Å². The van der Waals surface area contributed by atoms with E-state index >= 15 is 0 Å². The number of rotatable bonds is 9. The molecule has 0 atom stereocenters. The van der Waals surface area contributed by atoms with E-state index in [2.05, 4.69) is 36.3 Å². The molecule has 1 saturated carbocycles. The maximum absolute atomic E-state index is 5.67. The number of likely N-dealkylation sites (tertiary alicyclic amines) is 1. The van der Waals surface area contributed by atoms with Crippen LogP contribution in [0.1, 0.15) is 52.9 Å². The van der Waals surface area contributed by atoms with Gasteiger partial charge in [-0.25, -0.2) is 0 Å². The second-order valence-electron chi connectivity index (χ2n) is 7.18. The Morgan fingerprint density at radius 1 is 1.21 bits per heavy atom. The summed E-state index contributed by atoms with van der Waals surface area (Å²) in [5.74, 6) is 1.83. The summed E-state index contributed by atoms with van der Waals surface area (Å²) in [6.07, 6.45) is 6.14. The van der Waals surface area contributed by atoms with Gasteiger partial charge in [0.25, 0.3) is 0 Å². The number of piperidine rings is 1. The molecule has 0 bridgehead atoms. The molecule has 0 aromatic carbocycles. The van der Waals surface area contributed by atoms with Crippen LogP contribution in [-0.2, 0) is 4.74 Å². The van der Waals surface area contributed by atoms with Gasteiger partial charge in [0.1, 0.15) is 0 Å². The number of halogens is 1. The van der Waals surface area contributed by atoms with Crippen LogP contribution in [0, 0.1) is 5.92 Å². The van der Waals surface area contributed by atoms with Crippen LogP contribution in [0.25, 0.3) is 0 Å². The molecular weight excluding hydrogens is 415 g/mol. The zero-order valence-electron chi connectivity index (χ0n) is 15.7. The number of aliphatic imine (C=N–C) groups is 1. The summed E-state index contributed by atoms with van der Waals surface area (Å²) in [5, 5.41) is 6.97. The molecule has 142 valence electrons. The fraction of sp³-hybridized carbons (Fsp3) is 0.944. The Morgan fingerprint density at radius 3 is 2.50 bits per heavy atom. The lowest BCUT2D eigenvalue weighted by Crippen LogP contribution is -2.49. The van der Waals surface area contributed by atoms with Gasteiger partial charge < -0.3 is 20.3 Å². The molecule has 0 unspecified atom stereocenters. The standard InChI is InChI=1S/C18H36N4O.HI/c1-4-19-18(20-10-5-13-23-14-16-6-7-16)21-17-8-11-22(12-9-17)15(2)3;/h15-17H,4-14H2,1-3H3,(H2,19,20,21);1H. The molecule has 0 spiro atoms. The highest BCUT2D eigenvalue weighted by Gasteiger charge is 2.22. The Labute approximate surface area is 165 Å². The summed E-state index contributed by atoms with van der Waals surface area (Å²) >= 11 is 0. The molecule has 0 radical (unpaired) electrons. The minimum absolute atomic E-state index is 0. The molecular formula is C18H37IN4O. The van der Waals surface area contributed by atoms with Crippen LogP contribution in [0.4, 0.5) is 0 Å². The molecule has 0 aromatic heterocycles. The number of guanidine groups is 1. The second kappa shape index (κ2) is 12.3. The molecule has 0 aromatic rings. The third kappa shape index (κ3) is 8.85. The predicted molar refractivity (Wildman–Crippen MR) is 112 cm³/mol. The van der Waals surface area contributed by atoms with Gasteiger partial charge in [0, 0.05) is 51.5 Å². The van der Waals surface area contributed by atoms with E-state index in [-0.39, 0.29) is 24.0 Å². The summed E-state index contributed by atoms with van der Waals surface area (Å²) in [6, 6.07) is 1.21. The van der Waals surface area contributed by atoms with Crippen molar-refractivity contribution in [3.63, 3.8) is 0 Å². The summed E-state index contributed by atoms with van der Waals surface area (Å²) in [5.41, 5.74) is 0. The molecule has 2 N–H and O–H groups in total. The minimum atomic E-state index is 0. The average Bonchev–Trinajstić information content (AvgIpc) is 3.35. The molecule has 1 aliphatic heterocycles. The first-order valence-corrected chi connectivity index (χ1v) is 9.55. The van der Waals surface area contributed by atoms with Gasteiger partial charge in [0.2, 0.25) is 0 Å². The van der Waals surface area contributed by atoms with Gasteiger partial charge >= 0.3 is 0 Å². The normalized spacial score (nSPS) is 20.1. The van der Waals surface area contributed by atoms with Crippen LogP contribution in [0.2, 0.25) is 0 Å². The maximum atomic E-state index is 5.67. The van der Waals surface area contributed by atoms with Crippen LogP contribution in [0.5, 0.6) is 0 Å². The first-order valence-electron chi connectivity index (χ1n) is 9.55.